The molecular weight excluding hydrogens is 228 g/mol. The molecule has 1 aromatic rings. The highest BCUT2D eigenvalue weighted by Crippen LogP contribution is 2.27. The van der Waals surface area contributed by atoms with Gasteiger partial charge in [0.05, 0.1) is 0 Å². The number of ether oxygens (including phenoxy) is 2. The van der Waals surface area contributed by atoms with E-state index in [1.165, 1.54) is 0 Å². The van der Waals surface area contributed by atoms with Crippen LogP contribution in [0.2, 0.25) is 5.02 Å². The summed E-state index contributed by atoms with van der Waals surface area (Å²) >= 11 is 5.54. The molecule has 1 heterocycles. The highest BCUT2D eigenvalue weighted by Gasteiger charge is 2.37. The predicted octanol–water partition coefficient (Wildman–Crippen LogP) is 3.79. The molecular formula is C12H13ClO3. The van der Waals surface area contributed by atoms with Crippen LogP contribution in [-0.4, -0.2) is 11.8 Å². The summed E-state index contributed by atoms with van der Waals surface area (Å²) in [6, 6.07) is 9.44. The molecule has 1 aliphatic heterocycles. The Balaban J connectivity index is 0.000000165. The maximum absolute atomic E-state index is 10.4. The van der Waals surface area contributed by atoms with Gasteiger partial charge in [-0.25, -0.2) is 4.79 Å². The molecule has 1 saturated heterocycles. The fourth-order valence-corrected chi connectivity index (χ4v) is 1.07. The molecule has 4 heteroatoms. The van der Waals surface area contributed by atoms with Gasteiger partial charge in [0.2, 0.25) is 0 Å². The summed E-state index contributed by atoms with van der Waals surface area (Å²) in [7, 11) is 0. The second-order valence-corrected chi connectivity index (χ2v) is 4.12. The van der Waals surface area contributed by atoms with Gasteiger partial charge in [0.1, 0.15) is 5.76 Å². The zero-order chi connectivity index (χ0) is 12.2. The van der Waals surface area contributed by atoms with Gasteiger partial charge in [0.25, 0.3) is 0 Å². The van der Waals surface area contributed by atoms with Gasteiger partial charge in [-0.15, -0.1) is 0 Å². The summed E-state index contributed by atoms with van der Waals surface area (Å²) in [5.41, 5.74) is -0.642. The molecule has 0 N–H and O–H groups in total. The van der Waals surface area contributed by atoms with E-state index in [1.807, 2.05) is 30.3 Å². The third kappa shape index (κ3) is 3.59. The van der Waals surface area contributed by atoms with E-state index in [9.17, 15) is 4.79 Å². The molecule has 0 saturated carbocycles. The van der Waals surface area contributed by atoms with Crippen LogP contribution < -0.4 is 0 Å². The average Bonchev–Trinajstić information content (AvgIpc) is 2.40. The molecule has 1 fully saturated rings. The maximum atomic E-state index is 10.4. The maximum Gasteiger partial charge on any atom is 0.514 e. The molecule has 0 amide bonds. The minimum Gasteiger partial charge on any atom is -0.420 e. The summed E-state index contributed by atoms with van der Waals surface area (Å²) in [6.07, 6.45) is -0.662. The van der Waals surface area contributed by atoms with Gasteiger partial charge in [-0.3, -0.25) is 0 Å². The van der Waals surface area contributed by atoms with Crippen LogP contribution in [0.5, 0.6) is 0 Å². The van der Waals surface area contributed by atoms with E-state index in [-0.39, 0.29) is 0 Å². The van der Waals surface area contributed by atoms with Crippen molar-refractivity contribution in [2.75, 3.05) is 0 Å². The summed E-state index contributed by atoms with van der Waals surface area (Å²) < 4.78 is 9.22. The zero-order valence-corrected chi connectivity index (χ0v) is 9.95. The van der Waals surface area contributed by atoms with Crippen LogP contribution in [0.1, 0.15) is 13.8 Å². The van der Waals surface area contributed by atoms with Crippen LogP contribution in [0.3, 0.4) is 0 Å². The first kappa shape index (κ1) is 12.6. The van der Waals surface area contributed by atoms with Crippen molar-refractivity contribution >= 4 is 17.8 Å². The third-order valence-electron chi connectivity index (χ3n) is 1.95. The normalized spacial score (nSPS) is 16.9. The van der Waals surface area contributed by atoms with Crippen LogP contribution >= 0.6 is 11.6 Å². The number of hydrogen-bond acceptors (Lipinski definition) is 3. The Morgan fingerprint density at radius 1 is 1.25 bits per heavy atom. The molecule has 0 aromatic heterocycles. The Labute approximate surface area is 99.6 Å². The minimum atomic E-state index is -0.662. The topological polar surface area (TPSA) is 35.5 Å². The lowest BCUT2D eigenvalue weighted by Crippen LogP contribution is -2.19. The number of rotatable bonds is 0. The van der Waals surface area contributed by atoms with E-state index < -0.39 is 11.8 Å². The van der Waals surface area contributed by atoms with Crippen LogP contribution in [0.15, 0.2) is 42.7 Å². The standard InChI is InChI=1S/C6H5Cl.C6H8O3/c7-6-4-2-1-3-5-6;1-4-6(2,3)9-5(7)8-4/h1-5H;1H2,2-3H3. The SMILES string of the molecule is C=C1OC(=O)OC1(C)C.Clc1ccccc1. The highest BCUT2D eigenvalue weighted by atomic mass is 35.5. The van der Waals surface area contributed by atoms with E-state index >= 15 is 0 Å². The fourth-order valence-electron chi connectivity index (χ4n) is 0.924. The first-order valence-electron chi connectivity index (χ1n) is 4.72. The molecule has 3 nitrogen and oxygen atoms in total. The van der Waals surface area contributed by atoms with Crippen molar-refractivity contribution in [3.63, 3.8) is 0 Å². The van der Waals surface area contributed by atoms with E-state index in [1.54, 1.807) is 13.8 Å². The summed E-state index contributed by atoms with van der Waals surface area (Å²) in [6.45, 7) is 6.93. The molecule has 0 spiro atoms. The van der Waals surface area contributed by atoms with Crippen molar-refractivity contribution in [3.05, 3.63) is 47.7 Å². The summed E-state index contributed by atoms with van der Waals surface area (Å²) in [5, 5.41) is 0.794. The quantitative estimate of drug-likeness (QED) is 0.648. The Bertz CT molecular complexity index is 385. The predicted molar refractivity (Wildman–Crippen MR) is 62.2 cm³/mol. The van der Waals surface area contributed by atoms with Crippen LogP contribution in [-0.2, 0) is 9.47 Å². The molecule has 1 aromatic carbocycles. The van der Waals surface area contributed by atoms with Crippen molar-refractivity contribution in [1.82, 2.24) is 0 Å². The average molecular weight is 241 g/mol. The molecule has 86 valence electrons. The molecule has 0 atom stereocenters. The Hall–Kier alpha value is -1.48. The molecule has 0 bridgehead atoms. The molecule has 0 unspecified atom stereocenters. The van der Waals surface area contributed by atoms with Gasteiger partial charge in [0, 0.05) is 5.02 Å². The molecule has 0 aliphatic carbocycles. The number of carbonyl (C=O) groups is 1. The van der Waals surface area contributed by atoms with Crippen LogP contribution in [0.4, 0.5) is 4.79 Å². The monoisotopic (exact) mass is 240 g/mol. The van der Waals surface area contributed by atoms with E-state index in [0.29, 0.717) is 5.76 Å². The van der Waals surface area contributed by atoms with Gasteiger partial charge < -0.3 is 9.47 Å². The highest BCUT2D eigenvalue weighted by molar-refractivity contribution is 6.30. The van der Waals surface area contributed by atoms with Crippen LogP contribution in [0.25, 0.3) is 0 Å². The van der Waals surface area contributed by atoms with E-state index in [0.717, 1.165) is 5.02 Å². The lowest BCUT2D eigenvalue weighted by atomic mass is 10.1. The Morgan fingerprint density at radius 2 is 1.81 bits per heavy atom. The van der Waals surface area contributed by atoms with E-state index in [4.69, 9.17) is 16.3 Å². The lowest BCUT2D eigenvalue weighted by Gasteiger charge is -2.11. The number of benzene rings is 1. The van der Waals surface area contributed by atoms with Gasteiger partial charge in [-0.05, 0) is 26.0 Å². The van der Waals surface area contributed by atoms with Gasteiger partial charge in [-0.2, -0.15) is 0 Å². The molecule has 2 rings (SSSR count). The second-order valence-electron chi connectivity index (χ2n) is 3.68. The van der Waals surface area contributed by atoms with Crippen molar-refractivity contribution in [2.45, 2.75) is 19.4 Å². The fraction of sp³-hybridized carbons (Fsp3) is 0.250. The first-order chi connectivity index (χ1) is 7.42. The van der Waals surface area contributed by atoms with E-state index in [2.05, 4.69) is 11.3 Å². The first-order valence-corrected chi connectivity index (χ1v) is 5.10. The largest absolute Gasteiger partial charge is 0.514 e. The summed E-state index contributed by atoms with van der Waals surface area (Å²) in [4.78, 5) is 10.4. The van der Waals surface area contributed by atoms with Gasteiger partial charge in [0.15, 0.2) is 5.60 Å². The van der Waals surface area contributed by atoms with Gasteiger partial charge >= 0.3 is 6.16 Å². The lowest BCUT2D eigenvalue weighted by molar-refractivity contribution is 0.0873. The molecule has 16 heavy (non-hydrogen) atoms. The minimum absolute atomic E-state index is 0.368. The molecule has 0 radical (unpaired) electrons. The molecule has 1 aliphatic rings. The number of halogens is 1. The second kappa shape index (κ2) is 5.03. The van der Waals surface area contributed by atoms with Crippen molar-refractivity contribution in [2.24, 2.45) is 0 Å². The summed E-state index contributed by atoms with van der Waals surface area (Å²) in [5.74, 6) is 0.368. The number of carbonyl (C=O) groups excluding carboxylic acids is 1. The van der Waals surface area contributed by atoms with Crippen molar-refractivity contribution in [1.29, 1.82) is 0 Å². The Morgan fingerprint density at radius 3 is 2.00 bits per heavy atom. The van der Waals surface area contributed by atoms with Gasteiger partial charge in [-0.1, -0.05) is 36.4 Å². The van der Waals surface area contributed by atoms with Crippen molar-refractivity contribution < 1.29 is 14.3 Å². The zero-order valence-electron chi connectivity index (χ0n) is 9.20. The number of hydrogen-bond donors (Lipinski definition) is 0. The van der Waals surface area contributed by atoms with Crippen molar-refractivity contribution in [3.8, 4) is 0 Å². The Kier molecular flexibility index (Phi) is 3.96. The third-order valence-corrected chi connectivity index (χ3v) is 2.20. The van der Waals surface area contributed by atoms with Crippen LogP contribution in [0, 0.1) is 0 Å². The number of cyclic esters (lactones) is 2. The smallest absolute Gasteiger partial charge is 0.420 e.